The Hall–Kier alpha value is -3.83. The van der Waals surface area contributed by atoms with Gasteiger partial charge in [-0.15, -0.1) is 13.2 Å². The molecule has 18 heteroatoms. The minimum absolute atomic E-state index is 0.0189. The van der Waals surface area contributed by atoms with E-state index >= 15 is 0 Å². The largest absolute Gasteiger partial charge is 0.522 e. The van der Waals surface area contributed by atoms with Crippen molar-refractivity contribution in [3.05, 3.63) is 47.7 Å². The second-order valence-corrected chi connectivity index (χ2v) is 11.7. The highest BCUT2D eigenvalue weighted by atomic mass is 19.4. The number of hydrogen-bond donors (Lipinski definition) is 2. The SMILES string of the molecule is O=C(CCC(F)(F)F)N[C@@H](c1cnn2cc([C@@H](NC(=O)c3cnn(CCOC(F)(F)F)c3)C3CCC(F)(F)CC3)nc2c1)C1CC1. The zero-order chi connectivity index (χ0) is 33.3. The maximum Gasteiger partial charge on any atom is 0.522 e. The smallest absolute Gasteiger partial charge is 0.349 e. The van der Waals surface area contributed by atoms with Gasteiger partial charge in [-0.05, 0) is 49.1 Å². The molecule has 0 saturated heterocycles. The monoisotopic (exact) mass is 665 g/mol. The number of nitrogens with one attached hydrogen (secondary N) is 2. The first-order valence-electron chi connectivity index (χ1n) is 14.7. The topological polar surface area (TPSA) is 115 Å². The van der Waals surface area contributed by atoms with Gasteiger partial charge in [-0.25, -0.2) is 18.3 Å². The fraction of sp³-hybridized carbons (Fsp3) is 0.607. The van der Waals surface area contributed by atoms with Gasteiger partial charge in [0.1, 0.15) is 0 Å². The number of fused-ring (bicyclic) bond motifs is 1. The van der Waals surface area contributed by atoms with Crippen molar-refractivity contribution in [2.24, 2.45) is 11.8 Å². The second-order valence-electron chi connectivity index (χ2n) is 11.7. The molecule has 0 aliphatic heterocycles. The van der Waals surface area contributed by atoms with Crippen LogP contribution in [0.5, 0.6) is 0 Å². The molecular weight excluding hydrogens is 634 g/mol. The summed E-state index contributed by atoms with van der Waals surface area (Å²) in [7, 11) is 0. The molecule has 3 aromatic heterocycles. The molecule has 2 amide bonds. The zero-order valence-electron chi connectivity index (χ0n) is 24.3. The molecule has 0 bridgehead atoms. The lowest BCUT2D eigenvalue weighted by molar-refractivity contribution is -0.325. The predicted molar refractivity (Wildman–Crippen MR) is 143 cm³/mol. The van der Waals surface area contributed by atoms with Crippen molar-refractivity contribution in [3.8, 4) is 0 Å². The number of carbonyl (C=O) groups is 2. The lowest BCUT2D eigenvalue weighted by Crippen LogP contribution is -2.37. The molecule has 252 valence electrons. The van der Waals surface area contributed by atoms with Gasteiger partial charge in [0.15, 0.2) is 5.65 Å². The van der Waals surface area contributed by atoms with Gasteiger partial charge in [-0.2, -0.15) is 23.4 Å². The third-order valence-corrected chi connectivity index (χ3v) is 8.08. The Labute approximate surface area is 256 Å². The van der Waals surface area contributed by atoms with Gasteiger partial charge < -0.3 is 10.6 Å². The first-order valence-corrected chi connectivity index (χ1v) is 14.7. The van der Waals surface area contributed by atoms with E-state index in [0.717, 1.165) is 23.7 Å². The van der Waals surface area contributed by atoms with Crippen LogP contribution in [0.3, 0.4) is 0 Å². The normalized spacial score (nSPS) is 18.8. The summed E-state index contributed by atoms with van der Waals surface area (Å²) < 4.78 is 109. The van der Waals surface area contributed by atoms with Gasteiger partial charge in [-0.1, -0.05) is 0 Å². The molecule has 2 aliphatic rings. The van der Waals surface area contributed by atoms with Crippen LogP contribution in [0.1, 0.15) is 85.1 Å². The number of carbonyl (C=O) groups excluding carboxylic acids is 2. The molecule has 2 aliphatic carbocycles. The molecule has 0 radical (unpaired) electrons. The molecule has 2 atom stereocenters. The molecule has 3 heterocycles. The fourth-order valence-corrected chi connectivity index (χ4v) is 5.55. The van der Waals surface area contributed by atoms with Crippen LogP contribution < -0.4 is 10.6 Å². The summed E-state index contributed by atoms with van der Waals surface area (Å²) in [5.74, 6) is -4.65. The van der Waals surface area contributed by atoms with E-state index in [1.54, 1.807) is 6.07 Å². The average molecular weight is 666 g/mol. The standard InChI is InChI=1S/C28H31F8N7O3/c29-26(30)6-3-17(4-7-26)24(41-25(45)19-13-37-42(14-19)9-10-46-28(34,35)36)20-15-43-21(39-20)11-18(12-38-43)23(16-1-2-16)40-22(44)5-8-27(31,32)33/h11-17,23-24H,1-10H2,(H,40,44)(H,41,45)/t23-,24+/m1/s1. The first-order chi connectivity index (χ1) is 21.6. The van der Waals surface area contributed by atoms with E-state index < -0.39 is 80.6 Å². The predicted octanol–water partition coefficient (Wildman–Crippen LogP) is 5.67. The lowest BCUT2D eigenvalue weighted by atomic mass is 9.81. The van der Waals surface area contributed by atoms with E-state index in [1.165, 1.54) is 23.1 Å². The van der Waals surface area contributed by atoms with E-state index in [-0.39, 0.29) is 30.9 Å². The average Bonchev–Trinajstić information content (AvgIpc) is 3.54. The fourth-order valence-electron chi connectivity index (χ4n) is 5.55. The molecule has 2 saturated carbocycles. The molecular formula is C28H31F8N7O3. The number of alkyl halides is 8. The molecule has 5 rings (SSSR count). The van der Waals surface area contributed by atoms with Gasteiger partial charge >= 0.3 is 12.5 Å². The highest BCUT2D eigenvalue weighted by Gasteiger charge is 2.40. The second kappa shape index (κ2) is 13.1. The van der Waals surface area contributed by atoms with Gasteiger partial charge in [0.05, 0.1) is 61.5 Å². The molecule has 0 unspecified atom stereocenters. The van der Waals surface area contributed by atoms with Crippen LogP contribution >= 0.6 is 0 Å². The first kappa shape index (κ1) is 33.5. The van der Waals surface area contributed by atoms with Crippen molar-refractivity contribution < 1.29 is 49.4 Å². The molecule has 0 spiro atoms. The molecule has 2 fully saturated rings. The number of hydrogen-bond acceptors (Lipinski definition) is 6. The van der Waals surface area contributed by atoms with Crippen molar-refractivity contribution in [1.29, 1.82) is 0 Å². The Morgan fingerprint density at radius 1 is 0.957 bits per heavy atom. The summed E-state index contributed by atoms with van der Waals surface area (Å²) in [4.78, 5) is 30.1. The Morgan fingerprint density at radius 2 is 1.65 bits per heavy atom. The quantitative estimate of drug-likeness (QED) is 0.241. The van der Waals surface area contributed by atoms with Crippen molar-refractivity contribution in [3.63, 3.8) is 0 Å². The van der Waals surface area contributed by atoms with Crippen molar-refractivity contribution in [1.82, 2.24) is 35.0 Å². The lowest BCUT2D eigenvalue weighted by Gasteiger charge is -2.33. The molecule has 0 aromatic carbocycles. The molecule has 46 heavy (non-hydrogen) atoms. The third-order valence-electron chi connectivity index (χ3n) is 8.08. The van der Waals surface area contributed by atoms with E-state index in [4.69, 9.17) is 0 Å². The summed E-state index contributed by atoms with van der Waals surface area (Å²) in [5.41, 5.74) is 1.18. The summed E-state index contributed by atoms with van der Waals surface area (Å²) in [5, 5.41) is 13.7. The van der Waals surface area contributed by atoms with Crippen molar-refractivity contribution in [2.75, 3.05) is 6.61 Å². The van der Waals surface area contributed by atoms with Crippen LogP contribution in [0.15, 0.2) is 30.9 Å². The summed E-state index contributed by atoms with van der Waals surface area (Å²) in [6, 6.07) is 0.212. The zero-order valence-corrected chi connectivity index (χ0v) is 24.3. The van der Waals surface area contributed by atoms with Gasteiger partial charge in [-0.3, -0.25) is 19.0 Å². The number of imidazole rings is 1. The minimum Gasteiger partial charge on any atom is -0.349 e. The Bertz CT molecular complexity index is 1520. The van der Waals surface area contributed by atoms with Crippen molar-refractivity contribution in [2.45, 2.75) is 88.5 Å². The van der Waals surface area contributed by atoms with Crippen LogP contribution in [0.2, 0.25) is 0 Å². The van der Waals surface area contributed by atoms with E-state index in [1.807, 2.05) is 0 Å². The summed E-state index contributed by atoms with van der Waals surface area (Å²) >= 11 is 0. The summed E-state index contributed by atoms with van der Waals surface area (Å²) in [6.45, 7) is -1.00. The highest BCUT2D eigenvalue weighted by Crippen LogP contribution is 2.43. The Balaban J connectivity index is 1.34. The van der Waals surface area contributed by atoms with Crippen LogP contribution in [0.4, 0.5) is 35.1 Å². The maximum atomic E-state index is 14.0. The van der Waals surface area contributed by atoms with Crippen LogP contribution in [-0.4, -0.2) is 61.3 Å². The number of aromatic nitrogens is 5. The minimum atomic E-state index is -4.82. The van der Waals surface area contributed by atoms with Crippen LogP contribution in [-0.2, 0) is 16.1 Å². The number of nitrogens with zero attached hydrogens (tertiary/aromatic N) is 5. The Morgan fingerprint density at radius 3 is 2.30 bits per heavy atom. The number of ether oxygens (including phenoxy) is 1. The summed E-state index contributed by atoms with van der Waals surface area (Å²) in [6.07, 6.45) is -4.95. The number of halogens is 8. The van der Waals surface area contributed by atoms with Gasteiger partial charge in [0.2, 0.25) is 11.8 Å². The van der Waals surface area contributed by atoms with Gasteiger partial charge in [0.25, 0.3) is 5.91 Å². The van der Waals surface area contributed by atoms with E-state index in [9.17, 15) is 44.7 Å². The van der Waals surface area contributed by atoms with E-state index in [0.29, 0.717) is 16.9 Å². The molecule has 2 N–H and O–H groups in total. The maximum absolute atomic E-state index is 14.0. The van der Waals surface area contributed by atoms with Crippen LogP contribution in [0, 0.1) is 11.8 Å². The van der Waals surface area contributed by atoms with Gasteiger partial charge in [0, 0.05) is 25.5 Å². The highest BCUT2D eigenvalue weighted by molar-refractivity contribution is 5.94. The number of rotatable bonds is 12. The van der Waals surface area contributed by atoms with E-state index in [2.05, 4.69) is 30.6 Å². The third kappa shape index (κ3) is 9.13. The van der Waals surface area contributed by atoms with Crippen molar-refractivity contribution >= 4 is 17.5 Å². The number of amides is 2. The van der Waals surface area contributed by atoms with Crippen LogP contribution in [0.25, 0.3) is 5.65 Å². The molecule has 3 aromatic rings. The Kier molecular flexibility index (Phi) is 9.56. The molecule has 10 nitrogen and oxygen atoms in total.